The maximum atomic E-state index is 12.0. The summed E-state index contributed by atoms with van der Waals surface area (Å²) in [5.41, 5.74) is 0.924. The Morgan fingerprint density at radius 3 is 1.25 bits per heavy atom. The number of ether oxygens (including phenoxy) is 2. The second-order valence-corrected chi connectivity index (χ2v) is 19.7. The van der Waals surface area contributed by atoms with Crippen molar-refractivity contribution in [3.63, 3.8) is 0 Å². The highest BCUT2D eigenvalue weighted by Gasteiger charge is 2.16. The lowest BCUT2D eigenvalue weighted by Crippen LogP contribution is -2.23. The van der Waals surface area contributed by atoms with Crippen LogP contribution in [-0.2, 0) is 9.47 Å². The van der Waals surface area contributed by atoms with E-state index in [2.05, 4.69) is 39.3 Å². The fourth-order valence-electron chi connectivity index (χ4n) is 1.81. The molecule has 0 heterocycles. The van der Waals surface area contributed by atoms with Gasteiger partial charge in [-0.1, -0.05) is 39.3 Å². The molecular formula is C18H30O4Si2. The summed E-state index contributed by atoms with van der Waals surface area (Å²) in [4.78, 5) is 24.0. The molecule has 1 rings (SSSR count). The lowest BCUT2D eigenvalue weighted by molar-refractivity contribution is 0.0510. The van der Waals surface area contributed by atoms with Crippen LogP contribution in [0.1, 0.15) is 20.7 Å². The zero-order valence-corrected chi connectivity index (χ0v) is 17.8. The van der Waals surface area contributed by atoms with Crippen molar-refractivity contribution in [1.82, 2.24) is 0 Å². The van der Waals surface area contributed by atoms with Crippen LogP contribution in [0.5, 0.6) is 0 Å². The maximum absolute atomic E-state index is 12.0. The van der Waals surface area contributed by atoms with Crippen LogP contribution >= 0.6 is 0 Å². The van der Waals surface area contributed by atoms with Gasteiger partial charge in [0.05, 0.1) is 24.3 Å². The first kappa shape index (κ1) is 20.6. The summed E-state index contributed by atoms with van der Waals surface area (Å²) >= 11 is 0. The first-order valence-electron chi connectivity index (χ1n) is 8.42. The van der Waals surface area contributed by atoms with Gasteiger partial charge in [-0.25, -0.2) is 9.59 Å². The summed E-state index contributed by atoms with van der Waals surface area (Å²) in [6, 6.07) is 8.36. The molecule has 0 saturated heterocycles. The molecule has 24 heavy (non-hydrogen) atoms. The Labute approximate surface area is 147 Å². The van der Waals surface area contributed by atoms with Gasteiger partial charge in [0.1, 0.15) is 0 Å². The summed E-state index contributed by atoms with van der Waals surface area (Å²) < 4.78 is 10.6. The number of benzene rings is 1. The van der Waals surface area contributed by atoms with Crippen LogP contribution in [0.15, 0.2) is 24.3 Å². The van der Waals surface area contributed by atoms with E-state index < -0.39 is 16.1 Å². The van der Waals surface area contributed by atoms with E-state index in [-0.39, 0.29) is 11.9 Å². The van der Waals surface area contributed by atoms with Crippen LogP contribution < -0.4 is 0 Å². The van der Waals surface area contributed by atoms with Gasteiger partial charge in [-0.15, -0.1) is 0 Å². The first-order valence-corrected chi connectivity index (χ1v) is 15.8. The molecule has 0 atom stereocenters. The van der Waals surface area contributed by atoms with Crippen LogP contribution in [0.2, 0.25) is 51.4 Å². The molecule has 0 fully saturated rings. The number of carbonyl (C=O) groups excluding carboxylic acids is 2. The highest BCUT2D eigenvalue weighted by Crippen LogP contribution is 2.12. The van der Waals surface area contributed by atoms with Crippen molar-refractivity contribution in [1.29, 1.82) is 0 Å². The number of carbonyl (C=O) groups is 2. The minimum absolute atomic E-state index is 0.341. The van der Waals surface area contributed by atoms with Gasteiger partial charge in [0, 0.05) is 16.1 Å². The van der Waals surface area contributed by atoms with Gasteiger partial charge in [-0.05, 0) is 36.4 Å². The monoisotopic (exact) mass is 366 g/mol. The molecule has 0 bridgehead atoms. The zero-order valence-electron chi connectivity index (χ0n) is 15.8. The van der Waals surface area contributed by atoms with Gasteiger partial charge in [0.25, 0.3) is 0 Å². The molecule has 0 aliphatic carbocycles. The van der Waals surface area contributed by atoms with E-state index in [0.717, 1.165) is 12.1 Å². The van der Waals surface area contributed by atoms with Crippen molar-refractivity contribution < 1.29 is 19.1 Å². The highest BCUT2D eigenvalue weighted by molar-refractivity contribution is 6.76. The van der Waals surface area contributed by atoms with Gasteiger partial charge in [-0.2, -0.15) is 0 Å². The topological polar surface area (TPSA) is 52.6 Å². The van der Waals surface area contributed by atoms with Gasteiger partial charge in [0.2, 0.25) is 0 Å². The first-order chi connectivity index (χ1) is 11.0. The Kier molecular flexibility index (Phi) is 7.41. The third-order valence-corrected chi connectivity index (χ3v) is 6.93. The van der Waals surface area contributed by atoms with Crippen LogP contribution in [0.4, 0.5) is 0 Å². The molecule has 0 amide bonds. The van der Waals surface area contributed by atoms with Crippen molar-refractivity contribution >= 4 is 28.1 Å². The van der Waals surface area contributed by atoms with Gasteiger partial charge >= 0.3 is 11.9 Å². The summed E-state index contributed by atoms with van der Waals surface area (Å²) in [6.45, 7) is 14.3. The molecule has 0 unspecified atom stereocenters. The van der Waals surface area contributed by atoms with Crippen molar-refractivity contribution in [3.8, 4) is 0 Å². The molecule has 4 nitrogen and oxygen atoms in total. The average Bonchev–Trinajstić information content (AvgIpc) is 2.44. The minimum Gasteiger partial charge on any atom is -0.462 e. The van der Waals surface area contributed by atoms with Crippen molar-refractivity contribution in [2.75, 3.05) is 13.2 Å². The van der Waals surface area contributed by atoms with E-state index >= 15 is 0 Å². The second-order valence-electron chi connectivity index (χ2n) is 8.47. The smallest absolute Gasteiger partial charge is 0.338 e. The maximum Gasteiger partial charge on any atom is 0.338 e. The number of rotatable bonds is 8. The van der Waals surface area contributed by atoms with E-state index in [0.29, 0.717) is 24.3 Å². The van der Waals surface area contributed by atoms with Crippen molar-refractivity contribution in [2.24, 2.45) is 0 Å². The second kappa shape index (κ2) is 8.62. The summed E-state index contributed by atoms with van der Waals surface area (Å²) in [6.07, 6.45) is 0. The molecule has 0 spiro atoms. The van der Waals surface area contributed by atoms with Gasteiger partial charge < -0.3 is 9.47 Å². The van der Waals surface area contributed by atoms with Crippen molar-refractivity contribution in [3.05, 3.63) is 35.4 Å². The minimum atomic E-state index is -1.21. The van der Waals surface area contributed by atoms with E-state index in [9.17, 15) is 9.59 Å². The molecule has 0 aromatic heterocycles. The Balaban J connectivity index is 2.50. The molecule has 6 heteroatoms. The van der Waals surface area contributed by atoms with Crippen LogP contribution in [0.25, 0.3) is 0 Å². The molecule has 1 aromatic carbocycles. The molecule has 0 aliphatic rings. The van der Waals surface area contributed by atoms with Crippen LogP contribution in [0.3, 0.4) is 0 Å². The van der Waals surface area contributed by atoms with Crippen molar-refractivity contribution in [2.45, 2.75) is 51.4 Å². The Morgan fingerprint density at radius 1 is 0.708 bits per heavy atom. The Morgan fingerprint density at radius 2 is 1.00 bits per heavy atom. The highest BCUT2D eigenvalue weighted by atomic mass is 28.3. The van der Waals surface area contributed by atoms with E-state index in [1.165, 1.54) is 0 Å². The number of esters is 2. The SMILES string of the molecule is C[Si](C)(C)CCOC(=O)c1ccc(C(=O)OCC[Si](C)(C)C)cc1. The third kappa shape index (κ3) is 8.45. The lowest BCUT2D eigenvalue weighted by Gasteiger charge is -2.15. The Bertz CT molecular complexity index is 503. The van der Waals surface area contributed by atoms with E-state index in [1.54, 1.807) is 24.3 Å². The average molecular weight is 367 g/mol. The molecule has 0 N–H and O–H groups in total. The van der Waals surface area contributed by atoms with Gasteiger partial charge in [0.15, 0.2) is 0 Å². The standard InChI is InChI=1S/C18H30O4Si2/c1-23(2,3)13-11-21-17(19)15-7-9-16(10-8-15)18(20)22-12-14-24(4,5)6/h7-10H,11-14H2,1-6H3. The zero-order chi connectivity index (χ0) is 18.4. The van der Waals surface area contributed by atoms with Crippen LogP contribution in [0, 0.1) is 0 Å². The summed E-state index contributed by atoms with van der Waals surface area (Å²) in [5, 5.41) is 0. The summed E-state index contributed by atoms with van der Waals surface area (Å²) in [5.74, 6) is -0.682. The summed E-state index contributed by atoms with van der Waals surface area (Å²) in [7, 11) is -2.42. The molecule has 0 aliphatic heterocycles. The predicted molar refractivity (Wildman–Crippen MR) is 103 cm³/mol. The molecule has 134 valence electrons. The predicted octanol–water partition coefficient (Wildman–Crippen LogP) is 4.68. The third-order valence-electron chi connectivity index (χ3n) is 3.53. The number of hydrogen-bond acceptors (Lipinski definition) is 4. The molecule has 0 saturated carbocycles. The normalized spacial score (nSPS) is 11.9. The fourth-order valence-corrected chi connectivity index (χ4v) is 3.24. The van der Waals surface area contributed by atoms with Gasteiger partial charge in [-0.3, -0.25) is 0 Å². The van der Waals surface area contributed by atoms with E-state index in [4.69, 9.17) is 9.47 Å². The van der Waals surface area contributed by atoms with Crippen LogP contribution in [-0.4, -0.2) is 41.3 Å². The Hall–Kier alpha value is -1.41. The molecule has 0 radical (unpaired) electrons. The quantitative estimate of drug-likeness (QED) is 0.495. The van der Waals surface area contributed by atoms with E-state index in [1.807, 2.05) is 0 Å². The largest absolute Gasteiger partial charge is 0.462 e. The fraction of sp³-hybridized carbons (Fsp3) is 0.556. The molecule has 1 aromatic rings. The number of hydrogen-bond donors (Lipinski definition) is 0. The molecular weight excluding hydrogens is 336 g/mol. The lowest BCUT2D eigenvalue weighted by atomic mass is 10.1.